The highest BCUT2D eigenvalue weighted by atomic mass is 31.2. The minimum absolute atomic E-state index is 0.0331. The Labute approximate surface area is 238 Å². The molecule has 2 aromatic carbocycles. The Balaban J connectivity index is 1.52. The van der Waals surface area contributed by atoms with Gasteiger partial charge in [-0.25, -0.2) is 18.8 Å². The van der Waals surface area contributed by atoms with E-state index >= 15 is 4.39 Å². The molecule has 1 aliphatic heterocycles. The molecular weight excluding hydrogens is 552 g/mol. The second-order valence-electron chi connectivity index (χ2n) is 10.7. The summed E-state index contributed by atoms with van der Waals surface area (Å²) in [5.41, 5.74) is -1.42. The van der Waals surface area contributed by atoms with Gasteiger partial charge in [0.05, 0.1) is 25.4 Å². The lowest BCUT2D eigenvalue weighted by atomic mass is 9.90. The van der Waals surface area contributed by atoms with Crippen molar-refractivity contribution in [2.24, 2.45) is 5.92 Å². The van der Waals surface area contributed by atoms with Crippen LogP contribution in [0.5, 0.6) is 5.75 Å². The molecule has 41 heavy (non-hydrogen) atoms. The van der Waals surface area contributed by atoms with Crippen molar-refractivity contribution in [3.05, 3.63) is 87.7 Å². The first-order chi connectivity index (χ1) is 19.4. The van der Waals surface area contributed by atoms with Crippen molar-refractivity contribution in [1.29, 1.82) is 0 Å². The summed E-state index contributed by atoms with van der Waals surface area (Å²) >= 11 is 0. The van der Waals surface area contributed by atoms with Crippen LogP contribution >= 0.6 is 7.75 Å². The highest BCUT2D eigenvalue weighted by Crippen LogP contribution is 2.49. The normalized spacial score (nSPS) is 24.7. The fourth-order valence-electron chi connectivity index (χ4n) is 4.52. The lowest BCUT2D eigenvalue weighted by molar-refractivity contribution is -0.0594. The second-order valence-corrected chi connectivity index (χ2v) is 12.4. The summed E-state index contributed by atoms with van der Waals surface area (Å²) in [7, 11) is -4.02. The number of ether oxygens (including phenoxy) is 2. The van der Waals surface area contributed by atoms with E-state index < -0.39 is 49.0 Å². The molecule has 2 N–H and O–H groups in total. The Hall–Kier alpha value is -3.08. The number of hydrogen-bond donors (Lipinski definition) is 2. The lowest BCUT2D eigenvalue weighted by Gasteiger charge is -2.26. The molecule has 1 fully saturated rings. The molecule has 12 heteroatoms. The zero-order chi connectivity index (χ0) is 29.8. The van der Waals surface area contributed by atoms with Crippen LogP contribution in [0.2, 0.25) is 0 Å². The maximum absolute atomic E-state index is 15.9. The molecule has 0 radical (unpaired) electrons. The fourth-order valence-corrected chi connectivity index (χ4v) is 6.06. The Morgan fingerprint density at radius 3 is 2.37 bits per heavy atom. The van der Waals surface area contributed by atoms with Gasteiger partial charge in [-0.1, -0.05) is 49.4 Å². The van der Waals surface area contributed by atoms with Crippen LogP contribution in [0.25, 0.3) is 11.1 Å². The summed E-state index contributed by atoms with van der Waals surface area (Å²) in [6.45, 7) is 8.46. The van der Waals surface area contributed by atoms with Crippen molar-refractivity contribution >= 4 is 7.75 Å². The molecule has 0 amide bonds. The number of aromatic nitrogens is 2. The number of nitrogens with zero attached hydrogens (tertiary/aromatic N) is 1. The lowest BCUT2D eigenvalue weighted by Crippen LogP contribution is -2.40. The van der Waals surface area contributed by atoms with Crippen molar-refractivity contribution in [3.63, 3.8) is 0 Å². The molecular formula is C29H37FN3O7P. The highest BCUT2D eigenvalue weighted by molar-refractivity contribution is 7.52. The third-order valence-corrected chi connectivity index (χ3v) is 8.69. The van der Waals surface area contributed by atoms with Gasteiger partial charge in [0.25, 0.3) is 5.56 Å². The van der Waals surface area contributed by atoms with E-state index in [-0.39, 0.29) is 19.3 Å². The number of nitrogens with one attached hydrogen (secondary N) is 2. The largest absolute Gasteiger partial charge is 0.459 e. The first-order valence-electron chi connectivity index (χ1n) is 13.5. The first kappa shape index (κ1) is 30.9. The topological polar surface area (TPSA) is 121 Å². The summed E-state index contributed by atoms with van der Waals surface area (Å²) in [6.07, 6.45) is -1.05. The van der Waals surface area contributed by atoms with Gasteiger partial charge in [0, 0.05) is 24.2 Å². The smallest absolute Gasteiger partial charge is 0.413 e. The SMILES string of the molecule is CC(COC(C)C)NP(=O)(OCC1OC(n2ccc(=O)[nH]c2=O)C(C)(F)C1C)Oc1ccc(-c2ccccc2)cc1. The summed E-state index contributed by atoms with van der Waals surface area (Å²) in [5.74, 6) is -0.447. The minimum atomic E-state index is -4.02. The van der Waals surface area contributed by atoms with Gasteiger partial charge in [-0.3, -0.25) is 18.9 Å². The van der Waals surface area contributed by atoms with E-state index in [0.29, 0.717) is 5.75 Å². The molecule has 2 heterocycles. The Kier molecular flexibility index (Phi) is 9.66. The third kappa shape index (κ3) is 7.61. The van der Waals surface area contributed by atoms with Gasteiger partial charge in [0.1, 0.15) is 5.75 Å². The van der Waals surface area contributed by atoms with Gasteiger partial charge in [-0.15, -0.1) is 0 Å². The number of aromatic amines is 1. The molecule has 6 atom stereocenters. The van der Waals surface area contributed by atoms with Gasteiger partial charge in [-0.2, -0.15) is 0 Å². The van der Waals surface area contributed by atoms with E-state index in [1.54, 1.807) is 26.0 Å². The van der Waals surface area contributed by atoms with Gasteiger partial charge in [0.2, 0.25) is 0 Å². The molecule has 4 rings (SSSR count). The average molecular weight is 590 g/mol. The molecule has 0 aliphatic carbocycles. The van der Waals surface area contributed by atoms with Crippen LogP contribution in [0.1, 0.15) is 40.8 Å². The molecule has 1 aliphatic rings. The second kappa shape index (κ2) is 12.8. The van der Waals surface area contributed by atoms with Crippen LogP contribution in [0.4, 0.5) is 4.39 Å². The van der Waals surface area contributed by atoms with E-state index in [1.807, 2.05) is 56.3 Å². The van der Waals surface area contributed by atoms with E-state index in [9.17, 15) is 14.2 Å². The molecule has 1 saturated heterocycles. The Morgan fingerprint density at radius 2 is 1.73 bits per heavy atom. The molecule has 10 nitrogen and oxygen atoms in total. The van der Waals surface area contributed by atoms with Crippen molar-refractivity contribution in [3.8, 4) is 16.9 Å². The monoisotopic (exact) mass is 589 g/mol. The van der Waals surface area contributed by atoms with Crippen molar-refractivity contribution < 1.29 is 27.5 Å². The van der Waals surface area contributed by atoms with Gasteiger partial charge in [0.15, 0.2) is 11.9 Å². The van der Waals surface area contributed by atoms with Crippen LogP contribution in [-0.4, -0.2) is 46.7 Å². The fraction of sp³-hybridized carbons (Fsp3) is 0.448. The molecule has 0 saturated carbocycles. The van der Waals surface area contributed by atoms with E-state index in [4.69, 9.17) is 18.5 Å². The zero-order valence-electron chi connectivity index (χ0n) is 23.8. The van der Waals surface area contributed by atoms with E-state index in [1.165, 1.54) is 13.1 Å². The molecule has 1 aromatic heterocycles. The number of rotatable bonds is 12. The predicted octanol–water partition coefficient (Wildman–Crippen LogP) is 5.07. The van der Waals surface area contributed by atoms with Crippen LogP contribution < -0.4 is 20.9 Å². The van der Waals surface area contributed by atoms with Crippen LogP contribution in [0, 0.1) is 5.92 Å². The van der Waals surface area contributed by atoms with Crippen molar-refractivity contribution in [1.82, 2.24) is 14.6 Å². The average Bonchev–Trinajstić information content (AvgIpc) is 3.15. The van der Waals surface area contributed by atoms with Crippen LogP contribution in [-0.2, 0) is 18.6 Å². The summed E-state index contributed by atoms with van der Waals surface area (Å²) in [6, 6.07) is 17.6. The minimum Gasteiger partial charge on any atom is -0.413 e. The quantitative estimate of drug-likeness (QED) is 0.281. The summed E-state index contributed by atoms with van der Waals surface area (Å²) < 4.78 is 54.1. The van der Waals surface area contributed by atoms with Crippen LogP contribution in [0.15, 0.2) is 76.4 Å². The molecule has 222 valence electrons. The predicted molar refractivity (Wildman–Crippen MR) is 154 cm³/mol. The van der Waals surface area contributed by atoms with Crippen molar-refractivity contribution in [2.45, 2.75) is 64.8 Å². The zero-order valence-corrected chi connectivity index (χ0v) is 24.7. The van der Waals surface area contributed by atoms with Gasteiger partial charge in [-0.05, 0) is 51.0 Å². The number of halogens is 1. The number of hydrogen-bond acceptors (Lipinski definition) is 7. The first-order valence-corrected chi connectivity index (χ1v) is 15.1. The van der Waals surface area contributed by atoms with Crippen LogP contribution in [0.3, 0.4) is 0 Å². The number of H-pyrrole nitrogens is 1. The van der Waals surface area contributed by atoms with Gasteiger partial charge >= 0.3 is 13.4 Å². The maximum Gasteiger partial charge on any atom is 0.459 e. The standard InChI is InChI=1S/C29H37FN3O7P/c1-19(2)37-17-20(3)32-41(36,40-24-13-11-23(12-14-24)22-9-7-6-8-10-22)38-18-25-21(4)29(5,30)27(39-25)33-16-15-26(34)31-28(33)35/h6-16,19-21,25,27H,17-18H2,1-5H3,(H,32,36)(H,31,34,35). The Morgan fingerprint density at radius 1 is 1.07 bits per heavy atom. The van der Waals surface area contributed by atoms with Crippen molar-refractivity contribution in [2.75, 3.05) is 13.2 Å². The van der Waals surface area contributed by atoms with E-state index in [0.717, 1.165) is 21.8 Å². The summed E-state index contributed by atoms with van der Waals surface area (Å²) in [5, 5.41) is 2.90. The van der Waals surface area contributed by atoms with Gasteiger partial charge < -0.3 is 14.0 Å². The third-order valence-electron chi connectivity index (χ3n) is 6.99. The summed E-state index contributed by atoms with van der Waals surface area (Å²) in [4.78, 5) is 25.9. The number of benzene rings is 2. The Bertz CT molecular complexity index is 1460. The molecule has 3 aromatic rings. The van der Waals surface area contributed by atoms with E-state index in [2.05, 4.69) is 10.1 Å². The highest BCUT2D eigenvalue weighted by Gasteiger charge is 2.54. The number of alkyl halides is 1. The molecule has 0 spiro atoms. The molecule has 0 bridgehead atoms. The molecule has 6 unspecified atom stereocenters. The maximum atomic E-state index is 15.9.